The highest BCUT2D eigenvalue weighted by atomic mass is 32.1. The van der Waals surface area contributed by atoms with Crippen LogP contribution in [0.25, 0.3) is 11.3 Å². The quantitative estimate of drug-likeness (QED) is 0.875. The van der Waals surface area contributed by atoms with E-state index in [0.717, 1.165) is 22.5 Å². The third-order valence-electron chi connectivity index (χ3n) is 3.46. The van der Waals surface area contributed by atoms with Gasteiger partial charge in [-0.3, -0.25) is 5.10 Å². The van der Waals surface area contributed by atoms with Crippen molar-refractivity contribution in [2.24, 2.45) is 0 Å². The highest BCUT2D eigenvalue weighted by molar-refractivity contribution is 7.08. The predicted molar refractivity (Wildman–Crippen MR) is 67.8 cm³/mol. The van der Waals surface area contributed by atoms with Crippen molar-refractivity contribution in [2.75, 3.05) is 0 Å². The molecule has 1 fully saturated rings. The van der Waals surface area contributed by atoms with E-state index in [0.29, 0.717) is 5.92 Å². The van der Waals surface area contributed by atoms with E-state index >= 15 is 0 Å². The molecule has 1 saturated carbocycles. The summed E-state index contributed by atoms with van der Waals surface area (Å²) >= 11 is 1.63. The molecule has 4 heteroatoms. The average Bonchev–Trinajstić information content (AvgIpc) is 3.09. The zero-order chi connectivity index (χ0) is 11.7. The lowest BCUT2D eigenvalue weighted by Crippen LogP contribution is -1.95. The summed E-state index contributed by atoms with van der Waals surface area (Å²) in [5.41, 5.74) is 3.66. The second kappa shape index (κ2) is 4.34. The van der Waals surface area contributed by atoms with Crippen molar-refractivity contribution in [3.8, 4) is 17.3 Å². The Bertz CT molecular complexity index is 542. The maximum atomic E-state index is 9.34. The van der Waals surface area contributed by atoms with E-state index < -0.39 is 0 Å². The van der Waals surface area contributed by atoms with Crippen LogP contribution in [0.2, 0.25) is 0 Å². The SMILES string of the molecule is N#Cc1c(-c2ccsc2)n[nH]c1C1CCCC1. The van der Waals surface area contributed by atoms with Gasteiger partial charge in [-0.25, -0.2) is 0 Å². The molecule has 0 amide bonds. The molecular weight excluding hydrogens is 230 g/mol. The van der Waals surface area contributed by atoms with Gasteiger partial charge < -0.3 is 0 Å². The second-order valence-electron chi connectivity index (χ2n) is 4.47. The molecule has 2 heterocycles. The number of nitriles is 1. The van der Waals surface area contributed by atoms with Crippen molar-refractivity contribution in [3.63, 3.8) is 0 Å². The first-order chi connectivity index (χ1) is 8.40. The second-order valence-corrected chi connectivity index (χ2v) is 5.25. The van der Waals surface area contributed by atoms with Gasteiger partial charge in [0.15, 0.2) is 0 Å². The minimum Gasteiger partial charge on any atom is -0.280 e. The Morgan fingerprint density at radius 2 is 2.24 bits per heavy atom. The molecule has 0 bridgehead atoms. The van der Waals surface area contributed by atoms with Gasteiger partial charge in [0.2, 0.25) is 0 Å². The zero-order valence-corrected chi connectivity index (χ0v) is 10.3. The van der Waals surface area contributed by atoms with Crippen molar-refractivity contribution in [3.05, 3.63) is 28.1 Å². The fraction of sp³-hybridized carbons (Fsp3) is 0.385. The number of rotatable bonds is 2. The molecule has 3 rings (SSSR count). The van der Waals surface area contributed by atoms with Crippen molar-refractivity contribution >= 4 is 11.3 Å². The first kappa shape index (κ1) is 10.5. The number of H-pyrrole nitrogens is 1. The molecule has 0 atom stereocenters. The standard InChI is InChI=1S/C13H13N3S/c14-7-11-12(9-3-1-2-4-9)15-16-13(11)10-5-6-17-8-10/h5-6,8-9H,1-4H2,(H,15,16). The number of hydrogen-bond acceptors (Lipinski definition) is 3. The lowest BCUT2D eigenvalue weighted by molar-refractivity contribution is 0.691. The van der Waals surface area contributed by atoms with Crippen molar-refractivity contribution in [1.82, 2.24) is 10.2 Å². The molecule has 0 spiro atoms. The Kier molecular flexibility index (Phi) is 2.69. The lowest BCUT2D eigenvalue weighted by atomic mass is 9.98. The fourth-order valence-electron chi connectivity index (χ4n) is 2.59. The predicted octanol–water partition coefficient (Wildman–Crippen LogP) is 3.67. The Morgan fingerprint density at radius 3 is 2.88 bits per heavy atom. The molecule has 17 heavy (non-hydrogen) atoms. The summed E-state index contributed by atoms with van der Waals surface area (Å²) in [6, 6.07) is 4.33. The van der Waals surface area contributed by atoms with Crippen LogP contribution in [0.15, 0.2) is 16.8 Å². The smallest absolute Gasteiger partial charge is 0.111 e. The van der Waals surface area contributed by atoms with Crippen LogP contribution in [-0.4, -0.2) is 10.2 Å². The van der Waals surface area contributed by atoms with Gasteiger partial charge in [0.1, 0.15) is 17.3 Å². The maximum Gasteiger partial charge on any atom is 0.111 e. The molecule has 3 nitrogen and oxygen atoms in total. The van der Waals surface area contributed by atoms with E-state index in [9.17, 15) is 5.26 Å². The highest BCUT2D eigenvalue weighted by Crippen LogP contribution is 2.37. The lowest BCUT2D eigenvalue weighted by Gasteiger charge is -2.05. The number of hydrogen-bond donors (Lipinski definition) is 1. The van der Waals surface area contributed by atoms with Gasteiger partial charge in [0.25, 0.3) is 0 Å². The van der Waals surface area contributed by atoms with E-state index in [1.165, 1.54) is 25.7 Å². The number of aromatic amines is 1. The topological polar surface area (TPSA) is 52.5 Å². The molecule has 86 valence electrons. The van der Waals surface area contributed by atoms with Crippen LogP contribution in [0.1, 0.15) is 42.9 Å². The minimum absolute atomic E-state index is 0.504. The van der Waals surface area contributed by atoms with Crippen molar-refractivity contribution in [2.45, 2.75) is 31.6 Å². The van der Waals surface area contributed by atoms with Crippen LogP contribution in [0, 0.1) is 11.3 Å². The van der Waals surface area contributed by atoms with Gasteiger partial charge in [-0.2, -0.15) is 21.7 Å². The average molecular weight is 243 g/mol. The van der Waals surface area contributed by atoms with Crippen LogP contribution in [0.3, 0.4) is 0 Å². The molecule has 0 unspecified atom stereocenters. The van der Waals surface area contributed by atoms with Crippen molar-refractivity contribution in [1.29, 1.82) is 5.26 Å². The van der Waals surface area contributed by atoms with Crippen LogP contribution >= 0.6 is 11.3 Å². The molecule has 0 saturated heterocycles. The molecule has 1 aliphatic carbocycles. The normalized spacial score (nSPS) is 16.2. The zero-order valence-electron chi connectivity index (χ0n) is 9.44. The molecular formula is C13H13N3S. The summed E-state index contributed by atoms with van der Waals surface area (Å²) in [4.78, 5) is 0. The summed E-state index contributed by atoms with van der Waals surface area (Å²) in [5, 5.41) is 20.8. The molecule has 2 aromatic rings. The first-order valence-corrected chi connectivity index (χ1v) is 6.85. The summed E-state index contributed by atoms with van der Waals surface area (Å²) in [6.45, 7) is 0. The summed E-state index contributed by atoms with van der Waals surface area (Å²) in [7, 11) is 0. The van der Waals surface area contributed by atoms with Crippen molar-refractivity contribution < 1.29 is 0 Å². The van der Waals surface area contributed by atoms with Gasteiger partial charge in [0.05, 0.1) is 5.69 Å². The Morgan fingerprint density at radius 1 is 1.41 bits per heavy atom. The molecule has 0 aromatic carbocycles. The fourth-order valence-corrected chi connectivity index (χ4v) is 3.23. The van der Waals surface area contributed by atoms with E-state index in [1.807, 2.05) is 16.8 Å². The number of nitrogens with one attached hydrogen (secondary N) is 1. The molecule has 1 aliphatic rings. The van der Waals surface area contributed by atoms with E-state index in [1.54, 1.807) is 11.3 Å². The number of nitrogens with zero attached hydrogens (tertiary/aromatic N) is 2. The van der Waals surface area contributed by atoms with Crippen LogP contribution < -0.4 is 0 Å². The molecule has 1 N–H and O–H groups in total. The molecule has 2 aromatic heterocycles. The van der Waals surface area contributed by atoms with Gasteiger partial charge in [-0.05, 0) is 24.3 Å². The third kappa shape index (κ3) is 1.77. The van der Waals surface area contributed by atoms with Crippen LogP contribution in [0.4, 0.5) is 0 Å². The van der Waals surface area contributed by atoms with Gasteiger partial charge in [-0.15, -0.1) is 0 Å². The Labute approximate surface area is 104 Å². The van der Waals surface area contributed by atoms with Gasteiger partial charge in [-0.1, -0.05) is 12.8 Å². The number of aromatic nitrogens is 2. The minimum atomic E-state index is 0.504. The Hall–Kier alpha value is -1.60. The van der Waals surface area contributed by atoms with E-state index in [2.05, 4.69) is 16.3 Å². The maximum absolute atomic E-state index is 9.34. The van der Waals surface area contributed by atoms with Crippen LogP contribution in [0.5, 0.6) is 0 Å². The summed E-state index contributed by atoms with van der Waals surface area (Å²) < 4.78 is 0. The van der Waals surface area contributed by atoms with E-state index in [4.69, 9.17) is 0 Å². The summed E-state index contributed by atoms with van der Waals surface area (Å²) in [6.07, 6.45) is 4.89. The van der Waals surface area contributed by atoms with E-state index in [-0.39, 0.29) is 0 Å². The largest absolute Gasteiger partial charge is 0.280 e. The first-order valence-electron chi connectivity index (χ1n) is 5.91. The van der Waals surface area contributed by atoms with Crippen LogP contribution in [-0.2, 0) is 0 Å². The summed E-state index contributed by atoms with van der Waals surface area (Å²) in [5.74, 6) is 0.504. The molecule has 0 radical (unpaired) electrons. The molecule has 0 aliphatic heterocycles. The Balaban J connectivity index is 2.04. The monoisotopic (exact) mass is 243 g/mol. The third-order valence-corrected chi connectivity index (χ3v) is 4.15. The highest BCUT2D eigenvalue weighted by Gasteiger charge is 2.24. The van der Waals surface area contributed by atoms with Gasteiger partial charge in [0, 0.05) is 16.9 Å². The van der Waals surface area contributed by atoms with Gasteiger partial charge >= 0.3 is 0 Å². The number of thiophene rings is 1.